The fraction of sp³-hybridized carbons (Fsp3) is 0.562. The number of alkyl halides is 1. The van der Waals surface area contributed by atoms with Gasteiger partial charge in [-0.25, -0.2) is 13.8 Å². The van der Waals surface area contributed by atoms with Crippen molar-refractivity contribution in [2.75, 3.05) is 0 Å². The van der Waals surface area contributed by atoms with Crippen LogP contribution in [0.15, 0.2) is 12.1 Å². The zero-order chi connectivity index (χ0) is 15.1. The van der Waals surface area contributed by atoms with Gasteiger partial charge in [-0.15, -0.1) is 11.6 Å². The van der Waals surface area contributed by atoms with Gasteiger partial charge in [0.1, 0.15) is 17.2 Å². The number of benzene rings is 1. The molecule has 1 fully saturated rings. The van der Waals surface area contributed by atoms with Crippen LogP contribution >= 0.6 is 11.6 Å². The van der Waals surface area contributed by atoms with E-state index in [2.05, 4.69) is 11.9 Å². The lowest BCUT2D eigenvalue weighted by Crippen LogP contribution is -2.23. The van der Waals surface area contributed by atoms with Crippen molar-refractivity contribution in [1.82, 2.24) is 9.55 Å². The molecular weight excluding hydrogens is 294 g/mol. The number of imidazole rings is 1. The van der Waals surface area contributed by atoms with E-state index in [4.69, 9.17) is 11.6 Å². The van der Waals surface area contributed by atoms with Crippen molar-refractivity contribution in [2.45, 2.75) is 50.9 Å². The van der Waals surface area contributed by atoms with Crippen molar-refractivity contribution in [3.8, 4) is 0 Å². The largest absolute Gasteiger partial charge is 0.323 e. The van der Waals surface area contributed by atoms with Crippen LogP contribution in [0, 0.1) is 17.6 Å². The molecular formula is C16H19ClF2N2. The van der Waals surface area contributed by atoms with Gasteiger partial charge in [0.15, 0.2) is 5.82 Å². The average molecular weight is 313 g/mol. The third-order valence-corrected chi connectivity index (χ3v) is 4.69. The number of nitrogens with zero attached hydrogens (tertiary/aromatic N) is 2. The van der Waals surface area contributed by atoms with Crippen LogP contribution in [0.2, 0.25) is 0 Å². The van der Waals surface area contributed by atoms with E-state index in [1.165, 1.54) is 12.5 Å². The number of rotatable bonds is 2. The van der Waals surface area contributed by atoms with E-state index in [0.29, 0.717) is 17.3 Å². The lowest BCUT2D eigenvalue weighted by molar-refractivity contribution is 0.257. The normalized spacial score (nSPS) is 24.4. The zero-order valence-electron chi connectivity index (χ0n) is 12.2. The standard InChI is InChI=1S/C16H19ClF2N2/c1-9-5-3-4-6-13(9)21-14-8-11(18)7-12(19)15(14)20-16(21)10(2)17/h7-10,13H,3-6H2,1-2H3. The van der Waals surface area contributed by atoms with Gasteiger partial charge in [-0.2, -0.15) is 0 Å². The third kappa shape index (κ3) is 2.54. The maximum atomic E-state index is 14.0. The first-order chi connectivity index (χ1) is 9.99. The molecule has 0 bridgehead atoms. The minimum Gasteiger partial charge on any atom is -0.323 e. The molecule has 5 heteroatoms. The van der Waals surface area contributed by atoms with E-state index in [9.17, 15) is 8.78 Å². The molecule has 1 aliphatic carbocycles. The van der Waals surface area contributed by atoms with Crippen molar-refractivity contribution in [1.29, 1.82) is 0 Å². The summed E-state index contributed by atoms with van der Waals surface area (Å²) in [6.45, 7) is 4.01. The van der Waals surface area contributed by atoms with Crippen LogP contribution in [0.1, 0.15) is 56.8 Å². The smallest absolute Gasteiger partial charge is 0.153 e. The van der Waals surface area contributed by atoms with Gasteiger partial charge >= 0.3 is 0 Å². The Balaban J connectivity index is 2.25. The first-order valence-electron chi connectivity index (χ1n) is 7.50. The van der Waals surface area contributed by atoms with E-state index in [0.717, 1.165) is 25.3 Å². The molecule has 0 N–H and O–H groups in total. The van der Waals surface area contributed by atoms with Crippen molar-refractivity contribution < 1.29 is 8.78 Å². The average Bonchev–Trinajstić information content (AvgIpc) is 2.79. The SMILES string of the molecule is CC(Cl)c1nc2c(F)cc(F)cc2n1C1CCCCC1C. The highest BCUT2D eigenvalue weighted by Crippen LogP contribution is 2.39. The van der Waals surface area contributed by atoms with Gasteiger partial charge in [-0.05, 0) is 31.7 Å². The number of aromatic nitrogens is 2. The summed E-state index contributed by atoms with van der Waals surface area (Å²) in [5, 5.41) is -0.339. The maximum absolute atomic E-state index is 14.0. The molecule has 3 atom stereocenters. The highest BCUT2D eigenvalue weighted by Gasteiger charge is 2.29. The van der Waals surface area contributed by atoms with Crippen molar-refractivity contribution in [3.05, 3.63) is 29.6 Å². The van der Waals surface area contributed by atoms with Crippen LogP contribution in [-0.4, -0.2) is 9.55 Å². The molecule has 0 spiro atoms. The predicted molar refractivity (Wildman–Crippen MR) is 80.6 cm³/mol. The van der Waals surface area contributed by atoms with E-state index in [1.807, 2.05) is 11.5 Å². The summed E-state index contributed by atoms with van der Waals surface area (Å²) in [6, 6.07) is 2.46. The van der Waals surface area contributed by atoms with Crippen LogP contribution in [0.5, 0.6) is 0 Å². The summed E-state index contributed by atoms with van der Waals surface area (Å²) < 4.78 is 29.6. The van der Waals surface area contributed by atoms with Crippen LogP contribution in [0.3, 0.4) is 0 Å². The molecule has 1 saturated carbocycles. The Kier molecular flexibility index (Phi) is 3.91. The summed E-state index contributed by atoms with van der Waals surface area (Å²) in [7, 11) is 0. The molecule has 0 saturated heterocycles. The Morgan fingerprint density at radius 2 is 2.00 bits per heavy atom. The zero-order valence-corrected chi connectivity index (χ0v) is 13.0. The molecule has 114 valence electrons. The highest BCUT2D eigenvalue weighted by atomic mass is 35.5. The Bertz CT molecular complexity index is 666. The molecule has 1 aromatic carbocycles. The van der Waals surface area contributed by atoms with Gasteiger partial charge in [-0.1, -0.05) is 19.8 Å². The maximum Gasteiger partial charge on any atom is 0.153 e. The first-order valence-corrected chi connectivity index (χ1v) is 7.93. The molecule has 2 aromatic rings. The monoisotopic (exact) mass is 312 g/mol. The quantitative estimate of drug-likeness (QED) is 0.682. The topological polar surface area (TPSA) is 17.8 Å². The number of hydrogen-bond acceptors (Lipinski definition) is 1. The Morgan fingerprint density at radius 1 is 1.29 bits per heavy atom. The molecule has 0 aliphatic heterocycles. The molecule has 21 heavy (non-hydrogen) atoms. The fourth-order valence-electron chi connectivity index (χ4n) is 3.45. The molecule has 0 amide bonds. The van der Waals surface area contributed by atoms with Crippen molar-refractivity contribution >= 4 is 22.6 Å². The summed E-state index contributed by atoms with van der Waals surface area (Å²) in [5.41, 5.74) is 0.741. The Hall–Kier alpha value is -1.16. The van der Waals surface area contributed by atoms with Crippen LogP contribution in [0.25, 0.3) is 11.0 Å². The second-order valence-corrected chi connectivity index (χ2v) is 6.70. The van der Waals surface area contributed by atoms with Gasteiger partial charge in [0.05, 0.1) is 10.9 Å². The Morgan fingerprint density at radius 3 is 2.67 bits per heavy atom. The number of hydrogen-bond donors (Lipinski definition) is 0. The van der Waals surface area contributed by atoms with Crippen LogP contribution in [0.4, 0.5) is 8.78 Å². The van der Waals surface area contributed by atoms with Gasteiger partial charge in [0.25, 0.3) is 0 Å². The van der Waals surface area contributed by atoms with Gasteiger partial charge in [0.2, 0.25) is 0 Å². The summed E-state index contributed by atoms with van der Waals surface area (Å²) in [4.78, 5) is 4.35. The van der Waals surface area contributed by atoms with E-state index < -0.39 is 11.6 Å². The molecule has 0 radical (unpaired) electrons. The second-order valence-electron chi connectivity index (χ2n) is 6.04. The summed E-state index contributed by atoms with van der Waals surface area (Å²) in [6.07, 6.45) is 4.46. The van der Waals surface area contributed by atoms with Crippen molar-refractivity contribution in [3.63, 3.8) is 0 Å². The fourth-order valence-corrected chi connectivity index (χ4v) is 3.60. The molecule has 2 nitrogen and oxygen atoms in total. The minimum atomic E-state index is -0.620. The van der Waals surface area contributed by atoms with Crippen LogP contribution < -0.4 is 0 Å². The molecule has 1 aliphatic rings. The molecule has 3 unspecified atom stereocenters. The third-order valence-electron chi connectivity index (χ3n) is 4.49. The first kappa shape index (κ1) is 14.8. The summed E-state index contributed by atoms with van der Waals surface area (Å²) >= 11 is 6.24. The van der Waals surface area contributed by atoms with Crippen LogP contribution in [-0.2, 0) is 0 Å². The second kappa shape index (κ2) is 5.56. The predicted octanol–water partition coefficient (Wildman–Crippen LogP) is 5.37. The molecule has 3 rings (SSSR count). The minimum absolute atomic E-state index is 0.209. The lowest BCUT2D eigenvalue weighted by Gasteiger charge is -2.32. The van der Waals surface area contributed by atoms with Gasteiger partial charge in [0, 0.05) is 12.1 Å². The van der Waals surface area contributed by atoms with E-state index in [1.54, 1.807) is 0 Å². The number of halogens is 3. The summed E-state index contributed by atoms with van der Waals surface area (Å²) in [5.74, 6) is -0.101. The van der Waals surface area contributed by atoms with Gasteiger partial charge in [-0.3, -0.25) is 0 Å². The van der Waals surface area contributed by atoms with E-state index in [-0.39, 0.29) is 16.9 Å². The number of fused-ring (bicyclic) bond motifs is 1. The Labute approximate surface area is 128 Å². The van der Waals surface area contributed by atoms with E-state index >= 15 is 0 Å². The lowest BCUT2D eigenvalue weighted by atomic mass is 9.85. The van der Waals surface area contributed by atoms with Crippen molar-refractivity contribution in [2.24, 2.45) is 5.92 Å². The molecule has 1 aromatic heterocycles. The van der Waals surface area contributed by atoms with Gasteiger partial charge < -0.3 is 4.57 Å². The molecule has 1 heterocycles. The highest BCUT2D eigenvalue weighted by molar-refractivity contribution is 6.20.